The van der Waals surface area contributed by atoms with Gasteiger partial charge >= 0.3 is 6.03 Å². The molecule has 2 aromatic carbocycles. The second-order valence-electron chi connectivity index (χ2n) is 6.35. The van der Waals surface area contributed by atoms with Crippen LogP contribution in [-0.2, 0) is 0 Å². The van der Waals surface area contributed by atoms with E-state index >= 15 is 0 Å². The second kappa shape index (κ2) is 8.75. The summed E-state index contributed by atoms with van der Waals surface area (Å²) in [5, 5.41) is 15.8. The van der Waals surface area contributed by atoms with Crippen LogP contribution in [-0.4, -0.2) is 22.2 Å². The minimum absolute atomic E-state index is 0.0125. The maximum atomic E-state index is 14.5. The van der Waals surface area contributed by atoms with Crippen LogP contribution in [0.15, 0.2) is 72.1 Å². The van der Waals surface area contributed by atoms with Crippen molar-refractivity contribution in [1.29, 1.82) is 5.26 Å². The fourth-order valence-electron chi connectivity index (χ4n) is 2.77. The Bertz CT molecular complexity index is 1310. The van der Waals surface area contributed by atoms with Crippen molar-refractivity contribution in [2.24, 2.45) is 5.10 Å². The number of fused-ring (bicyclic) bond motifs is 1. The third-order valence-electron chi connectivity index (χ3n) is 4.25. The molecule has 0 saturated heterocycles. The molecule has 0 aliphatic heterocycles. The van der Waals surface area contributed by atoms with E-state index in [1.165, 1.54) is 18.3 Å². The van der Waals surface area contributed by atoms with E-state index in [9.17, 15) is 9.18 Å². The number of nitriles is 1. The van der Waals surface area contributed by atoms with E-state index in [4.69, 9.17) is 10.00 Å². The van der Waals surface area contributed by atoms with Crippen molar-refractivity contribution in [2.45, 2.75) is 0 Å². The van der Waals surface area contributed by atoms with Gasteiger partial charge in [-0.05, 0) is 42.0 Å². The first kappa shape index (κ1) is 19.6. The highest BCUT2D eigenvalue weighted by Gasteiger charge is 2.11. The third kappa shape index (κ3) is 4.65. The predicted molar refractivity (Wildman–Crippen MR) is 113 cm³/mol. The molecule has 0 saturated carbocycles. The van der Waals surface area contributed by atoms with Gasteiger partial charge in [-0.25, -0.2) is 19.6 Å². The number of hydrogen-bond acceptors (Lipinski definition) is 5. The summed E-state index contributed by atoms with van der Waals surface area (Å²) in [4.78, 5) is 19.1. The molecule has 4 aromatic rings. The van der Waals surface area contributed by atoms with Crippen molar-refractivity contribution in [2.75, 3.05) is 5.32 Å². The van der Waals surface area contributed by atoms with Crippen molar-refractivity contribution >= 4 is 29.0 Å². The summed E-state index contributed by atoms with van der Waals surface area (Å²) in [5.74, 6) is -0.168. The van der Waals surface area contributed by atoms with E-state index < -0.39 is 11.8 Å². The summed E-state index contributed by atoms with van der Waals surface area (Å²) in [6.45, 7) is 0. The van der Waals surface area contributed by atoms with Crippen LogP contribution in [0.2, 0.25) is 0 Å². The highest BCUT2D eigenvalue weighted by atomic mass is 19.1. The SMILES string of the molecule is N#Cc1ccc(/C=N/NC(=O)Nc2ccc(Oc3ccnc4[nH]ccc34)c(F)c2)cc1. The van der Waals surface area contributed by atoms with Crippen LogP contribution in [0.5, 0.6) is 11.5 Å². The molecule has 31 heavy (non-hydrogen) atoms. The lowest BCUT2D eigenvalue weighted by molar-refractivity contribution is 0.252. The monoisotopic (exact) mass is 414 g/mol. The molecule has 2 amide bonds. The van der Waals surface area contributed by atoms with Gasteiger partial charge in [0, 0.05) is 24.1 Å². The molecule has 0 bridgehead atoms. The van der Waals surface area contributed by atoms with Gasteiger partial charge in [0.15, 0.2) is 11.6 Å². The number of nitrogens with one attached hydrogen (secondary N) is 3. The lowest BCUT2D eigenvalue weighted by Gasteiger charge is -2.10. The zero-order chi connectivity index (χ0) is 21.6. The number of aromatic nitrogens is 2. The lowest BCUT2D eigenvalue weighted by Crippen LogP contribution is -2.24. The van der Waals surface area contributed by atoms with E-state index in [1.807, 2.05) is 6.07 Å². The Morgan fingerprint density at radius 3 is 2.77 bits per heavy atom. The number of aromatic amines is 1. The van der Waals surface area contributed by atoms with Crippen LogP contribution in [0.25, 0.3) is 11.0 Å². The first-order valence-corrected chi connectivity index (χ1v) is 9.12. The number of amides is 2. The summed E-state index contributed by atoms with van der Waals surface area (Å²) >= 11 is 0. The van der Waals surface area contributed by atoms with Gasteiger partial charge in [0.25, 0.3) is 0 Å². The summed E-state index contributed by atoms with van der Waals surface area (Å²) in [7, 11) is 0. The molecule has 0 unspecified atom stereocenters. The van der Waals surface area contributed by atoms with Gasteiger partial charge in [-0.2, -0.15) is 10.4 Å². The van der Waals surface area contributed by atoms with Crippen LogP contribution in [0.3, 0.4) is 0 Å². The lowest BCUT2D eigenvalue weighted by atomic mass is 10.2. The minimum Gasteiger partial charge on any atom is -0.453 e. The molecule has 0 radical (unpaired) electrons. The van der Waals surface area contributed by atoms with Crippen LogP contribution in [0.1, 0.15) is 11.1 Å². The number of urea groups is 1. The third-order valence-corrected chi connectivity index (χ3v) is 4.25. The standard InChI is InChI=1S/C22H15FN6O2/c23-18-11-16(28-22(30)29-27-13-15-3-1-14(12-24)2-4-15)5-6-20(18)31-19-8-10-26-21-17(19)7-9-25-21/h1-11,13H,(H,25,26)(H2,28,29,30)/b27-13+. The summed E-state index contributed by atoms with van der Waals surface area (Å²) in [6, 6.07) is 15.6. The van der Waals surface area contributed by atoms with E-state index in [1.54, 1.807) is 48.8 Å². The molecule has 3 N–H and O–H groups in total. The largest absolute Gasteiger partial charge is 0.453 e. The Balaban J connectivity index is 1.37. The molecule has 152 valence electrons. The maximum absolute atomic E-state index is 14.5. The first-order valence-electron chi connectivity index (χ1n) is 9.12. The number of carbonyl (C=O) groups is 1. The number of benzene rings is 2. The number of hydrazone groups is 1. The zero-order valence-corrected chi connectivity index (χ0v) is 16.0. The smallest absolute Gasteiger partial charge is 0.339 e. The predicted octanol–water partition coefficient (Wildman–Crippen LogP) is 4.52. The van der Waals surface area contributed by atoms with Gasteiger partial charge in [0.2, 0.25) is 0 Å². The Kier molecular flexibility index (Phi) is 5.53. The molecule has 0 aliphatic rings. The molecule has 8 nitrogen and oxygen atoms in total. The number of hydrogen-bond donors (Lipinski definition) is 3. The van der Waals surface area contributed by atoms with E-state index in [0.29, 0.717) is 22.5 Å². The molecular formula is C22H15FN6O2. The molecule has 0 aliphatic carbocycles. The molecule has 0 fully saturated rings. The molecule has 2 aromatic heterocycles. The van der Waals surface area contributed by atoms with Crippen LogP contribution in [0.4, 0.5) is 14.9 Å². The Hall–Kier alpha value is -4.71. The van der Waals surface area contributed by atoms with Gasteiger partial charge in [-0.3, -0.25) is 0 Å². The number of carbonyl (C=O) groups excluding carboxylic acids is 1. The number of anilines is 1. The molecule has 9 heteroatoms. The van der Waals surface area contributed by atoms with Gasteiger partial charge in [-0.1, -0.05) is 12.1 Å². The molecule has 2 heterocycles. The maximum Gasteiger partial charge on any atom is 0.339 e. The van der Waals surface area contributed by atoms with Crippen LogP contribution >= 0.6 is 0 Å². The molecule has 4 rings (SSSR count). The highest BCUT2D eigenvalue weighted by Crippen LogP contribution is 2.30. The summed E-state index contributed by atoms with van der Waals surface area (Å²) in [5.41, 5.74) is 4.39. The van der Waals surface area contributed by atoms with Gasteiger partial charge in [0.1, 0.15) is 11.4 Å². The van der Waals surface area contributed by atoms with Crippen molar-refractivity contribution in [3.05, 3.63) is 83.9 Å². The van der Waals surface area contributed by atoms with Crippen molar-refractivity contribution in [1.82, 2.24) is 15.4 Å². The fourth-order valence-corrected chi connectivity index (χ4v) is 2.77. The Morgan fingerprint density at radius 1 is 1.16 bits per heavy atom. The topological polar surface area (TPSA) is 115 Å². The van der Waals surface area contributed by atoms with Crippen LogP contribution in [0, 0.1) is 17.1 Å². The quantitative estimate of drug-likeness (QED) is 0.329. The number of pyridine rings is 1. The molecule has 0 spiro atoms. The first-order chi connectivity index (χ1) is 15.1. The van der Waals surface area contributed by atoms with Crippen molar-refractivity contribution in [3.63, 3.8) is 0 Å². The Morgan fingerprint density at radius 2 is 2.00 bits per heavy atom. The number of halogens is 1. The highest BCUT2D eigenvalue weighted by molar-refractivity contribution is 5.90. The average molecular weight is 414 g/mol. The number of rotatable bonds is 5. The Labute approximate surface area is 176 Å². The fraction of sp³-hybridized carbons (Fsp3) is 0. The summed E-state index contributed by atoms with van der Waals surface area (Å²) < 4.78 is 20.1. The average Bonchev–Trinajstić information content (AvgIpc) is 3.26. The minimum atomic E-state index is -0.639. The van der Waals surface area contributed by atoms with E-state index in [-0.39, 0.29) is 11.4 Å². The number of ether oxygens (including phenoxy) is 1. The van der Waals surface area contributed by atoms with Crippen molar-refractivity contribution < 1.29 is 13.9 Å². The van der Waals surface area contributed by atoms with E-state index in [0.717, 1.165) is 11.5 Å². The molecular weight excluding hydrogens is 399 g/mol. The van der Waals surface area contributed by atoms with Gasteiger partial charge < -0.3 is 15.0 Å². The van der Waals surface area contributed by atoms with Crippen LogP contribution < -0.4 is 15.5 Å². The van der Waals surface area contributed by atoms with Gasteiger partial charge in [-0.15, -0.1) is 0 Å². The van der Waals surface area contributed by atoms with E-state index in [2.05, 4.69) is 25.8 Å². The van der Waals surface area contributed by atoms with Gasteiger partial charge in [0.05, 0.1) is 23.2 Å². The van der Waals surface area contributed by atoms with Crippen molar-refractivity contribution in [3.8, 4) is 17.6 Å². The second-order valence-corrected chi connectivity index (χ2v) is 6.35. The number of H-pyrrole nitrogens is 1. The molecule has 0 atom stereocenters. The zero-order valence-electron chi connectivity index (χ0n) is 16.0. The summed E-state index contributed by atoms with van der Waals surface area (Å²) in [6.07, 6.45) is 4.70. The number of nitrogens with zero attached hydrogens (tertiary/aromatic N) is 3. The normalized spacial score (nSPS) is 10.7.